The second-order valence-corrected chi connectivity index (χ2v) is 6.14. The van der Waals surface area contributed by atoms with Gasteiger partial charge in [-0.3, -0.25) is 0 Å². The van der Waals surface area contributed by atoms with Gasteiger partial charge in [-0.2, -0.15) is 0 Å². The van der Waals surface area contributed by atoms with Gasteiger partial charge in [0.2, 0.25) is 0 Å². The number of rotatable bonds is 3. The lowest BCUT2D eigenvalue weighted by Crippen LogP contribution is -2.36. The van der Waals surface area contributed by atoms with Crippen LogP contribution in [0.2, 0.25) is 0 Å². The number of aryl methyl sites for hydroxylation is 2. The number of urea groups is 1. The molecule has 1 aromatic heterocycles. The molecule has 20 heavy (non-hydrogen) atoms. The predicted molar refractivity (Wildman–Crippen MR) is 81.9 cm³/mol. The van der Waals surface area contributed by atoms with Gasteiger partial charge in [-0.25, -0.2) is 4.79 Å². The molecule has 0 saturated heterocycles. The Kier molecular flexibility index (Phi) is 3.74. The van der Waals surface area contributed by atoms with Crippen LogP contribution < -0.4 is 10.6 Å². The Bertz CT molecular complexity index is 620. The van der Waals surface area contributed by atoms with E-state index >= 15 is 0 Å². The number of hydrogen-bond acceptors (Lipinski definition) is 2. The third-order valence-corrected chi connectivity index (χ3v) is 4.84. The number of fused-ring (bicyclic) bond motifs is 1. The molecule has 0 radical (unpaired) electrons. The van der Waals surface area contributed by atoms with Crippen LogP contribution in [0.3, 0.4) is 0 Å². The van der Waals surface area contributed by atoms with E-state index in [0.717, 1.165) is 12.8 Å². The molecule has 1 unspecified atom stereocenters. The van der Waals surface area contributed by atoms with E-state index in [1.54, 1.807) is 11.3 Å². The number of carbonyl (C=O) groups excluding carboxylic acids is 1. The van der Waals surface area contributed by atoms with Crippen molar-refractivity contribution >= 4 is 17.4 Å². The quantitative estimate of drug-likeness (QED) is 0.890. The summed E-state index contributed by atoms with van der Waals surface area (Å²) >= 11 is 1.68. The summed E-state index contributed by atoms with van der Waals surface area (Å²) < 4.78 is 0. The Balaban J connectivity index is 1.57. The van der Waals surface area contributed by atoms with E-state index in [-0.39, 0.29) is 12.1 Å². The SMILES string of the molecule is Cc1ccsc1CNC(=O)NC1CCc2ccccc21. The molecule has 1 aromatic carbocycles. The Morgan fingerprint density at radius 2 is 2.20 bits per heavy atom. The highest BCUT2D eigenvalue weighted by Crippen LogP contribution is 2.30. The number of benzene rings is 1. The van der Waals surface area contributed by atoms with Crippen molar-refractivity contribution in [3.05, 3.63) is 57.3 Å². The van der Waals surface area contributed by atoms with Gasteiger partial charge in [-0.05, 0) is 47.9 Å². The van der Waals surface area contributed by atoms with Crippen molar-refractivity contribution in [2.45, 2.75) is 32.4 Å². The van der Waals surface area contributed by atoms with Gasteiger partial charge in [-0.1, -0.05) is 24.3 Å². The molecule has 3 nitrogen and oxygen atoms in total. The summed E-state index contributed by atoms with van der Waals surface area (Å²) in [6, 6.07) is 10.5. The van der Waals surface area contributed by atoms with Crippen LogP contribution in [-0.2, 0) is 13.0 Å². The highest BCUT2D eigenvalue weighted by molar-refractivity contribution is 7.10. The summed E-state index contributed by atoms with van der Waals surface area (Å²) in [7, 11) is 0. The van der Waals surface area contributed by atoms with Crippen LogP contribution in [0.25, 0.3) is 0 Å². The summed E-state index contributed by atoms with van der Waals surface area (Å²) in [6.07, 6.45) is 2.04. The fourth-order valence-corrected chi connectivity index (χ4v) is 3.51. The van der Waals surface area contributed by atoms with Gasteiger partial charge < -0.3 is 10.6 Å². The fourth-order valence-electron chi connectivity index (χ4n) is 2.66. The molecule has 1 heterocycles. The molecule has 3 rings (SSSR count). The molecule has 0 bridgehead atoms. The third kappa shape index (κ3) is 2.70. The average molecular weight is 286 g/mol. The highest BCUT2D eigenvalue weighted by atomic mass is 32.1. The van der Waals surface area contributed by atoms with Crippen molar-refractivity contribution in [1.82, 2.24) is 10.6 Å². The highest BCUT2D eigenvalue weighted by Gasteiger charge is 2.23. The lowest BCUT2D eigenvalue weighted by Gasteiger charge is -2.14. The van der Waals surface area contributed by atoms with Gasteiger partial charge in [0, 0.05) is 4.88 Å². The standard InChI is InChI=1S/C16H18N2OS/c1-11-8-9-20-15(11)10-17-16(19)18-14-7-6-12-4-2-3-5-13(12)14/h2-5,8-9,14H,6-7,10H2,1H3,(H2,17,18,19). The van der Waals surface area contributed by atoms with Crippen molar-refractivity contribution in [3.8, 4) is 0 Å². The molecule has 0 saturated carbocycles. The zero-order valence-corrected chi connectivity index (χ0v) is 12.3. The molecule has 104 valence electrons. The van der Waals surface area contributed by atoms with Crippen LogP contribution in [0.4, 0.5) is 4.79 Å². The van der Waals surface area contributed by atoms with Gasteiger partial charge in [0.1, 0.15) is 0 Å². The summed E-state index contributed by atoms with van der Waals surface area (Å²) in [6.45, 7) is 2.67. The van der Waals surface area contributed by atoms with Crippen LogP contribution in [0.5, 0.6) is 0 Å². The van der Waals surface area contributed by atoms with Crippen molar-refractivity contribution < 1.29 is 4.79 Å². The molecule has 1 aliphatic carbocycles. The van der Waals surface area contributed by atoms with E-state index < -0.39 is 0 Å². The lowest BCUT2D eigenvalue weighted by molar-refractivity contribution is 0.236. The first kappa shape index (κ1) is 13.2. The minimum Gasteiger partial charge on any atom is -0.333 e. The van der Waals surface area contributed by atoms with Crippen LogP contribution in [-0.4, -0.2) is 6.03 Å². The maximum Gasteiger partial charge on any atom is 0.315 e. The fraction of sp³-hybridized carbons (Fsp3) is 0.312. The summed E-state index contributed by atoms with van der Waals surface area (Å²) in [5.41, 5.74) is 3.85. The first-order valence-electron chi connectivity index (χ1n) is 6.89. The van der Waals surface area contributed by atoms with Gasteiger partial charge in [-0.15, -0.1) is 11.3 Å². The zero-order valence-electron chi connectivity index (χ0n) is 11.5. The number of nitrogens with one attached hydrogen (secondary N) is 2. The van der Waals surface area contributed by atoms with Crippen LogP contribution in [0, 0.1) is 6.92 Å². The van der Waals surface area contributed by atoms with Gasteiger partial charge in [0.25, 0.3) is 0 Å². The minimum absolute atomic E-state index is 0.0838. The summed E-state index contributed by atoms with van der Waals surface area (Å²) in [4.78, 5) is 13.2. The van der Waals surface area contributed by atoms with Crippen molar-refractivity contribution in [3.63, 3.8) is 0 Å². The maximum atomic E-state index is 12.0. The van der Waals surface area contributed by atoms with E-state index in [4.69, 9.17) is 0 Å². The first-order chi connectivity index (χ1) is 9.74. The van der Waals surface area contributed by atoms with E-state index in [1.165, 1.54) is 21.6 Å². The topological polar surface area (TPSA) is 41.1 Å². The molecule has 0 fully saturated rings. The second kappa shape index (κ2) is 5.67. The first-order valence-corrected chi connectivity index (χ1v) is 7.77. The number of carbonyl (C=O) groups is 1. The average Bonchev–Trinajstić information content (AvgIpc) is 3.04. The van der Waals surface area contributed by atoms with E-state index in [2.05, 4.69) is 47.2 Å². The molecule has 4 heteroatoms. The molecule has 2 amide bonds. The second-order valence-electron chi connectivity index (χ2n) is 5.14. The van der Waals surface area contributed by atoms with Gasteiger partial charge >= 0.3 is 6.03 Å². The maximum absolute atomic E-state index is 12.0. The van der Waals surface area contributed by atoms with Gasteiger partial charge in [0.15, 0.2) is 0 Å². The van der Waals surface area contributed by atoms with E-state index in [0.29, 0.717) is 6.54 Å². The molecular weight excluding hydrogens is 268 g/mol. The van der Waals surface area contributed by atoms with Crippen LogP contribution in [0.1, 0.15) is 34.0 Å². The van der Waals surface area contributed by atoms with Crippen LogP contribution in [0.15, 0.2) is 35.7 Å². The Labute approximate surface area is 123 Å². The molecule has 2 N–H and O–H groups in total. The Morgan fingerprint density at radius 3 is 3.00 bits per heavy atom. The van der Waals surface area contributed by atoms with Crippen molar-refractivity contribution in [1.29, 1.82) is 0 Å². The van der Waals surface area contributed by atoms with Crippen LogP contribution >= 0.6 is 11.3 Å². The summed E-state index contributed by atoms with van der Waals surface area (Å²) in [5.74, 6) is 0. The molecule has 1 aliphatic rings. The Morgan fingerprint density at radius 1 is 1.35 bits per heavy atom. The van der Waals surface area contributed by atoms with E-state index in [1.807, 2.05) is 6.07 Å². The zero-order chi connectivity index (χ0) is 13.9. The monoisotopic (exact) mass is 286 g/mol. The van der Waals surface area contributed by atoms with Crippen molar-refractivity contribution in [2.75, 3.05) is 0 Å². The molecule has 0 spiro atoms. The third-order valence-electron chi connectivity index (χ3n) is 3.82. The number of hydrogen-bond donors (Lipinski definition) is 2. The van der Waals surface area contributed by atoms with Gasteiger partial charge in [0.05, 0.1) is 12.6 Å². The molecule has 0 aliphatic heterocycles. The lowest BCUT2D eigenvalue weighted by atomic mass is 10.1. The molecular formula is C16H18N2OS. The molecule has 1 atom stereocenters. The smallest absolute Gasteiger partial charge is 0.315 e. The number of amides is 2. The normalized spacial score (nSPS) is 16.8. The predicted octanol–water partition coefficient (Wildman–Crippen LogP) is 3.54. The Hall–Kier alpha value is -1.81. The number of thiophene rings is 1. The van der Waals surface area contributed by atoms with Crippen molar-refractivity contribution in [2.24, 2.45) is 0 Å². The largest absolute Gasteiger partial charge is 0.333 e. The van der Waals surface area contributed by atoms with E-state index in [9.17, 15) is 4.79 Å². The minimum atomic E-state index is -0.0838. The summed E-state index contributed by atoms with van der Waals surface area (Å²) in [5, 5.41) is 8.07. The molecule has 2 aromatic rings.